The number of amides is 1. The van der Waals surface area contributed by atoms with Crippen molar-refractivity contribution in [2.24, 2.45) is 0 Å². The lowest BCUT2D eigenvalue weighted by molar-refractivity contribution is 0.0941. The van der Waals surface area contributed by atoms with Gasteiger partial charge in [-0.25, -0.2) is 22.0 Å². The molecular weight excluding hydrogens is 377 g/mol. The molecule has 0 radical (unpaired) electrons. The van der Waals surface area contributed by atoms with Gasteiger partial charge in [-0.15, -0.1) is 0 Å². The van der Waals surface area contributed by atoms with E-state index in [9.17, 15) is 26.7 Å². The number of benzene rings is 1. The maximum atomic E-state index is 13.5. The smallest absolute Gasteiger partial charge is 0.257 e. The van der Waals surface area contributed by atoms with Gasteiger partial charge >= 0.3 is 0 Å². The Labute approximate surface area is 163 Å². The third-order valence-electron chi connectivity index (χ3n) is 4.75. The number of unbranched alkanes of at least 4 members (excludes halogenated alkanes) is 11. The van der Waals surface area contributed by atoms with E-state index in [0.717, 1.165) is 25.7 Å². The van der Waals surface area contributed by atoms with Gasteiger partial charge in [0, 0.05) is 6.54 Å². The number of carbonyl (C=O) groups is 1. The van der Waals surface area contributed by atoms with Crippen molar-refractivity contribution in [3.63, 3.8) is 0 Å². The minimum atomic E-state index is -2.27. The highest BCUT2D eigenvalue weighted by Crippen LogP contribution is 2.23. The molecule has 0 saturated heterocycles. The van der Waals surface area contributed by atoms with Crippen LogP contribution in [0.1, 0.15) is 94.3 Å². The van der Waals surface area contributed by atoms with Crippen molar-refractivity contribution in [1.29, 1.82) is 0 Å². The Balaban J connectivity index is 2.17. The number of carbonyl (C=O) groups excluding carboxylic acids is 1. The molecule has 1 aromatic rings. The van der Waals surface area contributed by atoms with Crippen LogP contribution in [-0.2, 0) is 0 Å². The van der Waals surface area contributed by atoms with Crippen LogP contribution in [-0.4, -0.2) is 12.5 Å². The predicted octanol–water partition coefficient (Wildman–Crippen LogP) is 6.81. The molecule has 1 rings (SSSR count). The normalized spacial score (nSPS) is 11.1. The molecule has 1 N–H and O–H groups in total. The van der Waals surface area contributed by atoms with Crippen molar-refractivity contribution in [3.05, 3.63) is 34.6 Å². The molecule has 7 heteroatoms. The molecule has 0 unspecified atom stereocenters. The number of hydrogen-bond acceptors (Lipinski definition) is 1. The van der Waals surface area contributed by atoms with Crippen LogP contribution in [0.25, 0.3) is 0 Å². The second kappa shape index (κ2) is 13.5. The van der Waals surface area contributed by atoms with E-state index in [1.54, 1.807) is 0 Å². The fraction of sp³-hybridized carbons (Fsp3) is 0.667. The maximum absolute atomic E-state index is 13.5. The topological polar surface area (TPSA) is 29.1 Å². The Bertz CT molecular complexity index is 592. The maximum Gasteiger partial charge on any atom is 0.257 e. The zero-order valence-electron chi connectivity index (χ0n) is 16.5. The van der Waals surface area contributed by atoms with E-state index in [1.807, 2.05) is 0 Å². The van der Waals surface area contributed by atoms with Crippen molar-refractivity contribution in [3.8, 4) is 0 Å². The van der Waals surface area contributed by atoms with Crippen LogP contribution in [0.5, 0.6) is 0 Å². The lowest BCUT2D eigenvalue weighted by Crippen LogP contribution is -2.28. The van der Waals surface area contributed by atoms with Gasteiger partial charge in [-0.2, -0.15) is 0 Å². The molecule has 0 bridgehead atoms. The highest BCUT2D eigenvalue weighted by atomic mass is 19.2. The number of halogens is 5. The molecule has 28 heavy (non-hydrogen) atoms. The standard InChI is InChI=1S/C21H30F5NO/c1-2-3-4-5-6-7-8-9-10-11-12-13-14-27-21(28)15-16(22)18(24)20(26)19(25)17(15)23/h2-14H2,1H3,(H,27,28). The molecule has 2 nitrogen and oxygen atoms in total. The van der Waals surface area contributed by atoms with Gasteiger partial charge in [0.05, 0.1) is 0 Å². The molecule has 0 aliphatic carbocycles. The average molecular weight is 407 g/mol. The highest BCUT2D eigenvalue weighted by molar-refractivity contribution is 5.94. The van der Waals surface area contributed by atoms with E-state index in [1.165, 1.54) is 44.9 Å². The molecule has 0 aliphatic rings. The van der Waals surface area contributed by atoms with Gasteiger partial charge in [-0.3, -0.25) is 4.79 Å². The minimum Gasteiger partial charge on any atom is -0.352 e. The Morgan fingerprint density at radius 3 is 1.39 bits per heavy atom. The third kappa shape index (κ3) is 7.76. The lowest BCUT2D eigenvalue weighted by atomic mass is 10.1. The SMILES string of the molecule is CCCCCCCCCCCCCCNC(=O)c1c(F)c(F)c(F)c(F)c1F. The second-order valence-electron chi connectivity index (χ2n) is 7.09. The second-order valence-corrected chi connectivity index (χ2v) is 7.09. The zero-order chi connectivity index (χ0) is 20.9. The third-order valence-corrected chi connectivity index (χ3v) is 4.75. The van der Waals surface area contributed by atoms with Crippen LogP contribution in [0, 0.1) is 29.1 Å². The fourth-order valence-electron chi connectivity index (χ4n) is 3.06. The van der Waals surface area contributed by atoms with E-state index in [-0.39, 0.29) is 6.54 Å². The summed E-state index contributed by atoms with van der Waals surface area (Å²) in [6, 6.07) is 0. The number of hydrogen-bond donors (Lipinski definition) is 1. The molecule has 0 saturated carbocycles. The van der Waals surface area contributed by atoms with Crippen LogP contribution in [0.15, 0.2) is 0 Å². The van der Waals surface area contributed by atoms with Crippen molar-refractivity contribution in [2.45, 2.75) is 84.0 Å². The van der Waals surface area contributed by atoms with E-state index in [0.29, 0.717) is 6.42 Å². The fourth-order valence-corrected chi connectivity index (χ4v) is 3.06. The van der Waals surface area contributed by atoms with Crippen molar-refractivity contribution in [1.82, 2.24) is 5.32 Å². The van der Waals surface area contributed by atoms with Crippen LogP contribution in [0.3, 0.4) is 0 Å². The van der Waals surface area contributed by atoms with E-state index < -0.39 is 40.6 Å². The molecular formula is C21H30F5NO. The quantitative estimate of drug-likeness (QED) is 0.156. The van der Waals surface area contributed by atoms with E-state index in [2.05, 4.69) is 12.2 Å². The first kappa shape index (κ1) is 24.4. The average Bonchev–Trinajstić information content (AvgIpc) is 2.68. The van der Waals surface area contributed by atoms with E-state index in [4.69, 9.17) is 0 Å². The van der Waals surface area contributed by atoms with Crippen LogP contribution in [0.4, 0.5) is 22.0 Å². The number of rotatable bonds is 14. The predicted molar refractivity (Wildman–Crippen MR) is 99.6 cm³/mol. The Morgan fingerprint density at radius 1 is 0.607 bits per heavy atom. The van der Waals surface area contributed by atoms with Gasteiger partial charge in [0.1, 0.15) is 5.56 Å². The summed E-state index contributed by atoms with van der Waals surface area (Å²) in [5.74, 6) is -12.0. The first-order valence-corrected chi connectivity index (χ1v) is 10.2. The van der Waals surface area contributed by atoms with Crippen LogP contribution < -0.4 is 5.32 Å². The molecule has 0 fully saturated rings. The lowest BCUT2D eigenvalue weighted by Gasteiger charge is -2.09. The molecule has 1 aromatic carbocycles. The zero-order valence-corrected chi connectivity index (χ0v) is 16.5. The summed E-state index contributed by atoms with van der Waals surface area (Å²) in [4.78, 5) is 11.8. The monoisotopic (exact) mass is 407 g/mol. The largest absolute Gasteiger partial charge is 0.352 e. The highest BCUT2D eigenvalue weighted by Gasteiger charge is 2.29. The molecule has 0 heterocycles. The van der Waals surface area contributed by atoms with Crippen LogP contribution in [0.2, 0.25) is 0 Å². The summed E-state index contributed by atoms with van der Waals surface area (Å²) in [7, 11) is 0. The minimum absolute atomic E-state index is 0.121. The summed E-state index contributed by atoms with van der Waals surface area (Å²) in [6.07, 6.45) is 13.5. The number of nitrogens with one attached hydrogen (secondary N) is 1. The van der Waals surface area contributed by atoms with Crippen molar-refractivity contribution >= 4 is 5.91 Å². The molecule has 0 aromatic heterocycles. The summed E-state index contributed by atoms with van der Waals surface area (Å²) < 4.78 is 66.3. The first-order valence-electron chi connectivity index (χ1n) is 10.2. The van der Waals surface area contributed by atoms with Gasteiger partial charge in [-0.05, 0) is 6.42 Å². The van der Waals surface area contributed by atoms with Crippen molar-refractivity contribution < 1.29 is 26.7 Å². The molecule has 0 spiro atoms. The van der Waals surface area contributed by atoms with Crippen LogP contribution >= 0.6 is 0 Å². The molecule has 0 aliphatic heterocycles. The van der Waals surface area contributed by atoms with Gasteiger partial charge in [0.2, 0.25) is 5.82 Å². The summed E-state index contributed by atoms with van der Waals surface area (Å²) in [5.41, 5.74) is -1.43. The molecule has 160 valence electrons. The van der Waals surface area contributed by atoms with Gasteiger partial charge < -0.3 is 5.32 Å². The Hall–Kier alpha value is -1.66. The van der Waals surface area contributed by atoms with Gasteiger partial charge in [0.25, 0.3) is 5.91 Å². The Morgan fingerprint density at radius 2 is 0.964 bits per heavy atom. The van der Waals surface area contributed by atoms with Gasteiger partial charge in [-0.1, -0.05) is 77.6 Å². The van der Waals surface area contributed by atoms with Crippen molar-refractivity contribution in [2.75, 3.05) is 6.54 Å². The van der Waals surface area contributed by atoms with E-state index >= 15 is 0 Å². The molecule has 0 atom stereocenters. The Kier molecular flexibility index (Phi) is 11.8. The summed E-state index contributed by atoms with van der Waals surface area (Å²) >= 11 is 0. The first-order chi connectivity index (χ1) is 13.4. The van der Waals surface area contributed by atoms with Gasteiger partial charge in [0.15, 0.2) is 23.3 Å². The summed E-state index contributed by atoms with van der Waals surface area (Å²) in [6.45, 7) is 2.32. The molecule has 1 amide bonds. The summed E-state index contributed by atoms with van der Waals surface area (Å²) in [5, 5.41) is 2.22.